The van der Waals surface area contributed by atoms with E-state index in [1.807, 2.05) is 11.8 Å². The molecule has 112 valence electrons. The quantitative estimate of drug-likeness (QED) is 0.780. The van der Waals surface area contributed by atoms with Crippen molar-refractivity contribution in [2.24, 2.45) is 5.92 Å². The summed E-state index contributed by atoms with van der Waals surface area (Å²) in [5.74, 6) is 2.01. The van der Waals surface area contributed by atoms with Crippen LogP contribution in [0, 0.1) is 5.92 Å². The van der Waals surface area contributed by atoms with Gasteiger partial charge in [-0.25, -0.2) is 0 Å². The highest BCUT2D eigenvalue weighted by Crippen LogP contribution is 2.37. The van der Waals surface area contributed by atoms with Gasteiger partial charge in [-0.15, -0.1) is 0 Å². The van der Waals surface area contributed by atoms with Crippen molar-refractivity contribution < 1.29 is 9.47 Å². The first-order valence-corrected chi connectivity index (χ1v) is 9.13. The summed E-state index contributed by atoms with van der Waals surface area (Å²) < 4.78 is 11.6. The molecule has 2 aliphatic rings. The van der Waals surface area contributed by atoms with Gasteiger partial charge in [0.1, 0.15) is 0 Å². The summed E-state index contributed by atoms with van der Waals surface area (Å²) >= 11 is 1.96. The zero-order valence-electron chi connectivity index (χ0n) is 12.5. The Kier molecular flexibility index (Phi) is 6.46. The molecule has 2 saturated heterocycles. The van der Waals surface area contributed by atoms with Gasteiger partial charge >= 0.3 is 0 Å². The molecule has 3 atom stereocenters. The molecular weight excluding hydrogens is 258 g/mol. The van der Waals surface area contributed by atoms with Crippen LogP contribution in [0.15, 0.2) is 0 Å². The van der Waals surface area contributed by atoms with E-state index in [1.165, 1.54) is 31.4 Å². The molecule has 0 radical (unpaired) electrons. The maximum absolute atomic E-state index is 6.06. The second-order valence-corrected chi connectivity index (χ2v) is 6.91. The van der Waals surface area contributed by atoms with Gasteiger partial charge in [0.15, 0.2) is 0 Å². The van der Waals surface area contributed by atoms with Gasteiger partial charge in [-0.1, -0.05) is 6.92 Å². The van der Waals surface area contributed by atoms with Gasteiger partial charge in [-0.3, -0.25) is 0 Å². The summed E-state index contributed by atoms with van der Waals surface area (Å²) in [4.78, 5) is 0. The summed E-state index contributed by atoms with van der Waals surface area (Å²) in [6.45, 7) is 5.99. The highest BCUT2D eigenvalue weighted by molar-refractivity contribution is 7.98. The lowest BCUT2D eigenvalue weighted by Crippen LogP contribution is -2.47. The molecule has 1 N–H and O–H groups in total. The van der Waals surface area contributed by atoms with Crippen LogP contribution in [-0.2, 0) is 9.47 Å². The first-order chi connectivity index (χ1) is 9.29. The van der Waals surface area contributed by atoms with Crippen LogP contribution in [-0.4, -0.2) is 50.0 Å². The van der Waals surface area contributed by atoms with Crippen molar-refractivity contribution in [2.75, 3.05) is 38.4 Å². The smallest absolute Gasteiger partial charge is 0.0939 e. The molecule has 2 fully saturated rings. The zero-order chi connectivity index (χ0) is 13.6. The predicted octanol–water partition coefficient (Wildman–Crippen LogP) is 2.69. The van der Waals surface area contributed by atoms with Gasteiger partial charge in [0.25, 0.3) is 0 Å². The van der Waals surface area contributed by atoms with E-state index < -0.39 is 0 Å². The van der Waals surface area contributed by atoms with E-state index in [0.717, 1.165) is 38.7 Å². The zero-order valence-corrected chi connectivity index (χ0v) is 13.3. The van der Waals surface area contributed by atoms with Gasteiger partial charge < -0.3 is 14.8 Å². The minimum Gasteiger partial charge on any atom is -0.378 e. The molecule has 2 heterocycles. The molecule has 3 nitrogen and oxygen atoms in total. The van der Waals surface area contributed by atoms with E-state index in [9.17, 15) is 0 Å². The lowest BCUT2D eigenvalue weighted by atomic mass is 9.80. The van der Waals surface area contributed by atoms with Crippen molar-refractivity contribution >= 4 is 11.8 Å². The van der Waals surface area contributed by atoms with Crippen LogP contribution in [0.4, 0.5) is 0 Å². The average Bonchev–Trinajstić information content (AvgIpc) is 2.87. The second-order valence-electron chi connectivity index (χ2n) is 5.93. The third-order valence-electron chi connectivity index (χ3n) is 4.46. The van der Waals surface area contributed by atoms with Crippen LogP contribution >= 0.6 is 11.8 Å². The van der Waals surface area contributed by atoms with Gasteiger partial charge in [0, 0.05) is 25.7 Å². The van der Waals surface area contributed by atoms with Gasteiger partial charge in [0.2, 0.25) is 0 Å². The molecule has 0 aromatic heterocycles. The van der Waals surface area contributed by atoms with E-state index in [0.29, 0.717) is 6.04 Å². The summed E-state index contributed by atoms with van der Waals surface area (Å²) in [5.41, 5.74) is 0.0500. The Labute approximate surface area is 122 Å². The summed E-state index contributed by atoms with van der Waals surface area (Å²) in [6.07, 6.45) is 8.18. The molecule has 1 spiro atoms. The lowest BCUT2D eigenvalue weighted by molar-refractivity contribution is -0.103. The molecule has 0 aromatic carbocycles. The molecule has 19 heavy (non-hydrogen) atoms. The number of thioether (sulfide) groups is 1. The minimum absolute atomic E-state index is 0.0500. The van der Waals surface area contributed by atoms with Crippen molar-refractivity contribution in [3.8, 4) is 0 Å². The first kappa shape index (κ1) is 15.6. The standard InChI is InChI=1S/C15H29NO2S/c1-3-7-16-14(5-10-19-2)13-4-8-18-15(11-13)6-9-17-12-15/h13-14,16H,3-12H2,1-2H3. The molecule has 0 aliphatic carbocycles. The fourth-order valence-corrected chi connectivity index (χ4v) is 3.84. The maximum Gasteiger partial charge on any atom is 0.0939 e. The van der Waals surface area contributed by atoms with E-state index >= 15 is 0 Å². The molecule has 3 unspecified atom stereocenters. The Balaban J connectivity index is 1.90. The SMILES string of the molecule is CCCNC(CCSC)C1CCOC2(CCOC2)C1. The van der Waals surface area contributed by atoms with Crippen molar-refractivity contribution in [3.05, 3.63) is 0 Å². The van der Waals surface area contributed by atoms with Crippen LogP contribution in [0.25, 0.3) is 0 Å². The van der Waals surface area contributed by atoms with Crippen molar-refractivity contribution in [1.82, 2.24) is 5.32 Å². The summed E-state index contributed by atoms with van der Waals surface area (Å²) in [5, 5.41) is 3.77. The summed E-state index contributed by atoms with van der Waals surface area (Å²) in [7, 11) is 0. The van der Waals surface area contributed by atoms with Crippen molar-refractivity contribution in [1.29, 1.82) is 0 Å². The Morgan fingerprint density at radius 2 is 2.32 bits per heavy atom. The van der Waals surface area contributed by atoms with E-state index in [2.05, 4.69) is 18.5 Å². The molecule has 0 aromatic rings. The van der Waals surface area contributed by atoms with Crippen molar-refractivity contribution in [3.63, 3.8) is 0 Å². The number of hydrogen-bond donors (Lipinski definition) is 1. The highest BCUT2D eigenvalue weighted by Gasteiger charge is 2.42. The number of ether oxygens (including phenoxy) is 2. The maximum atomic E-state index is 6.06. The predicted molar refractivity (Wildman–Crippen MR) is 81.9 cm³/mol. The fraction of sp³-hybridized carbons (Fsp3) is 1.00. The average molecular weight is 287 g/mol. The van der Waals surface area contributed by atoms with Crippen LogP contribution < -0.4 is 5.32 Å². The van der Waals surface area contributed by atoms with Crippen LogP contribution in [0.3, 0.4) is 0 Å². The Hall–Kier alpha value is 0.230. The second kappa shape index (κ2) is 7.87. The van der Waals surface area contributed by atoms with E-state index in [1.54, 1.807) is 0 Å². The van der Waals surface area contributed by atoms with Crippen LogP contribution in [0.5, 0.6) is 0 Å². The van der Waals surface area contributed by atoms with Crippen molar-refractivity contribution in [2.45, 2.75) is 50.7 Å². The molecule has 0 saturated carbocycles. The largest absolute Gasteiger partial charge is 0.378 e. The monoisotopic (exact) mass is 287 g/mol. The summed E-state index contributed by atoms with van der Waals surface area (Å²) in [6, 6.07) is 0.661. The third kappa shape index (κ3) is 4.35. The Morgan fingerprint density at radius 1 is 1.42 bits per heavy atom. The van der Waals surface area contributed by atoms with Gasteiger partial charge in [-0.2, -0.15) is 11.8 Å². The number of rotatable bonds is 7. The minimum atomic E-state index is 0.0500. The molecular formula is C15H29NO2S. The Bertz CT molecular complexity index is 249. The van der Waals surface area contributed by atoms with E-state index in [4.69, 9.17) is 9.47 Å². The van der Waals surface area contributed by atoms with Gasteiger partial charge in [0.05, 0.1) is 12.2 Å². The third-order valence-corrected chi connectivity index (χ3v) is 5.10. The van der Waals surface area contributed by atoms with Gasteiger partial charge in [-0.05, 0) is 50.2 Å². The first-order valence-electron chi connectivity index (χ1n) is 7.74. The Morgan fingerprint density at radius 3 is 3.00 bits per heavy atom. The normalized spacial score (nSPS) is 32.8. The molecule has 0 amide bonds. The molecule has 2 aliphatic heterocycles. The number of hydrogen-bond acceptors (Lipinski definition) is 4. The molecule has 0 bridgehead atoms. The lowest BCUT2D eigenvalue weighted by Gasteiger charge is -2.40. The number of nitrogens with one attached hydrogen (secondary N) is 1. The highest BCUT2D eigenvalue weighted by atomic mass is 32.2. The van der Waals surface area contributed by atoms with Crippen LogP contribution in [0.1, 0.15) is 39.0 Å². The topological polar surface area (TPSA) is 30.5 Å². The fourth-order valence-electron chi connectivity index (χ4n) is 3.35. The molecule has 2 rings (SSSR count). The van der Waals surface area contributed by atoms with E-state index in [-0.39, 0.29) is 5.60 Å². The van der Waals surface area contributed by atoms with Crippen LogP contribution in [0.2, 0.25) is 0 Å². The molecule has 4 heteroatoms.